The van der Waals surface area contributed by atoms with Gasteiger partial charge in [-0.05, 0) is 7.05 Å². The summed E-state index contributed by atoms with van der Waals surface area (Å²) in [6.45, 7) is -0.743. The van der Waals surface area contributed by atoms with Gasteiger partial charge in [-0.25, -0.2) is 14.0 Å². The highest BCUT2D eigenvalue weighted by Gasteiger charge is 2.53. The second-order valence-electron chi connectivity index (χ2n) is 6.30. The van der Waals surface area contributed by atoms with Crippen molar-refractivity contribution in [1.82, 2.24) is 9.80 Å². The molecule has 0 aromatic heterocycles. The van der Waals surface area contributed by atoms with Crippen LogP contribution in [0.25, 0.3) is 0 Å². The molecule has 2 saturated heterocycles. The van der Waals surface area contributed by atoms with E-state index >= 15 is 0 Å². The molecule has 7 N–H and O–H groups in total. The van der Waals surface area contributed by atoms with Crippen LogP contribution in [0.1, 0.15) is 0 Å². The third-order valence-electron chi connectivity index (χ3n) is 4.31. The maximum absolute atomic E-state index is 11.5. The van der Waals surface area contributed by atoms with Crippen molar-refractivity contribution in [3.63, 3.8) is 0 Å². The Morgan fingerprint density at radius 1 is 1.11 bits per heavy atom. The molecule has 166 valence electrons. The zero-order valence-electron chi connectivity index (χ0n) is 14.8. The topological polar surface area (TPSA) is 219 Å². The molecule has 8 atom stereocenters. The number of ether oxygens (including phenoxy) is 2. The fourth-order valence-electron chi connectivity index (χ4n) is 2.95. The molecule has 0 amide bonds. The van der Waals surface area contributed by atoms with Crippen LogP contribution in [0.15, 0.2) is 0 Å². The molecule has 0 aromatic rings. The molecule has 1 unspecified atom stereocenters. The summed E-state index contributed by atoms with van der Waals surface area (Å²) in [4.78, 5) is 28.7. The van der Waals surface area contributed by atoms with Gasteiger partial charge in [-0.3, -0.25) is 9.42 Å². The zero-order valence-corrected chi connectivity index (χ0v) is 16.6. The zero-order chi connectivity index (χ0) is 21.4. The number of phosphoric acid groups is 2. The molecule has 2 rings (SSSR count). The van der Waals surface area contributed by atoms with E-state index in [1.807, 2.05) is 0 Å². The first kappa shape index (κ1) is 24.2. The number of aliphatic hydroxyl groups is 4. The van der Waals surface area contributed by atoms with E-state index in [2.05, 4.69) is 8.83 Å². The lowest BCUT2D eigenvalue weighted by Gasteiger charge is -2.47. The Kier molecular flexibility index (Phi) is 7.76. The number of phosphoric ester groups is 1. The minimum atomic E-state index is -5.33. The fourth-order valence-corrected chi connectivity index (χ4v) is 4.54. The molecule has 2 aliphatic heterocycles. The lowest BCUT2D eigenvalue weighted by molar-refractivity contribution is -0.294. The Balaban J connectivity index is 2.09. The number of hydrogen-bond acceptors (Lipinski definition) is 12. The van der Waals surface area contributed by atoms with Gasteiger partial charge in [-0.15, -0.1) is 0 Å². The summed E-state index contributed by atoms with van der Waals surface area (Å²) < 4.78 is 40.6. The van der Waals surface area contributed by atoms with E-state index in [1.54, 1.807) is 0 Å². The van der Waals surface area contributed by atoms with E-state index in [0.29, 0.717) is 0 Å². The summed E-state index contributed by atoms with van der Waals surface area (Å²) in [7, 11) is -7.68. The highest BCUT2D eigenvalue weighted by atomic mass is 31.3. The highest BCUT2D eigenvalue weighted by Crippen LogP contribution is 2.57. The number of nitrogens with zero attached hydrogens (tertiary/aromatic N) is 2. The summed E-state index contributed by atoms with van der Waals surface area (Å²) >= 11 is 0. The first-order valence-corrected chi connectivity index (χ1v) is 10.9. The van der Waals surface area contributed by atoms with Crippen molar-refractivity contribution >= 4 is 15.6 Å². The Morgan fingerprint density at radius 2 is 1.71 bits per heavy atom. The number of aliphatic hydroxyl groups excluding tert-OH is 4. The smallest absolute Gasteiger partial charge is 0.387 e. The van der Waals surface area contributed by atoms with Crippen molar-refractivity contribution < 1.29 is 62.5 Å². The monoisotopic (exact) mass is 454 g/mol. The van der Waals surface area contributed by atoms with Crippen molar-refractivity contribution in [2.45, 2.75) is 43.2 Å². The minimum absolute atomic E-state index is 0.153. The molecule has 0 bridgehead atoms. The SMILES string of the molecule is CO[C@@H]1CN(C)[C@H](O)N([C@@H]2O[C@H](COP(=O)(O)OP(=O)(O)O)[C@@H](O)[C@H]2O)[C@H]1O. The second-order valence-corrected chi connectivity index (χ2v) is 9.13. The van der Waals surface area contributed by atoms with Crippen LogP contribution in [-0.2, 0) is 27.4 Å². The molecule has 0 radical (unpaired) electrons. The summed E-state index contributed by atoms with van der Waals surface area (Å²) in [6, 6.07) is 0. The molecule has 17 heteroatoms. The van der Waals surface area contributed by atoms with Gasteiger partial charge in [0.2, 0.25) is 0 Å². The third-order valence-corrected chi connectivity index (χ3v) is 6.46. The maximum Gasteiger partial charge on any atom is 0.481 e. The van der Waals surface area contributed by atoms with Crippen LogP contribution in [0, 0.1) is 0 Å². The Labute approximate surface area is 159 Å². The van der Waals surface area contributed by atoms with Crippen molar-refractivity contribution in [3.05, 3.63) is 0 Å². The molecule has 15 nitrogen and oxygen atoms in total. The van der Waals surface area contributed by atoms with Crippen molar-refractivity contribution in [1.29, 1.82) is 0 Å². The van der Waals surface area contributed by atoms with Gasteiger partial charge in [-0.2, -0.15) is 4.31 Å². The van der Waals surface area contributed by atoms with E-state index in [4.69, 9.17) is 19.3 Å². The summed E-state index contributed by atoms with van der Waals surface area (Å²) in [5, 5.41) is 41.0. The molecule has 0 aromatic carbocycles. The van der Waals surface area contributed by atoms with Crippen molar-refractivity contribution in [2.24, 2.45) is 0 Å². The quantitative estimate of drug-likeness (QED) is 0.186. The Hall–Kier alpha value is -0.0600. The predicted octanol–water partition coefficient (Wildman–Crippen LogP) is -3.48. The molecular weight excluding hydrogens is 430 g/mol. The van der Waals surface area contributed by atoms with E-state index in [-0.39, 0.29) is 6.54 Å². The van der Waals surface area contributed by atoms with Crippen LogP contribution in [0.5, 0.6) is 0 Å². The molecule has 2 heterocycles. The van der Waals surface area contributed by atoms with E-state index < -0.39 is 65.5 Å². The standard InChI is InChI=1S/C11H24N2O13P2/c1-12-3-5(23-2)9(16)13(11(12)17)10-8(15)7(14)6(25-10)4-24-28(21,22)26-27(18,19)20/h5-11,14-17H,3-4H2,1-2H3,(H,21,22)(H2,18,19,20)/t5-,6-,7-,8-,9+,10-,11+/m1/s1. The Morgan fingerprint density at radius 3 is 2.25 bits per heavy atom. The lowest BCUT2D eigenvalue weighted by Crippen LogP contribution is -2.67. The largest absolute Gasteiger partial charge is 0.481 e. The molecule has 0 aliphatic carbocycles. The summed E-state index contributed by atoms with van der Waals surface area (Å²) in [6.07, 6.45) is -9.91. The van der Waals surface area contributed by atoms with Crippen LogP contribution >= 0.6 is 15.6 Å². The third kappa shape index (κ3) is 5.55. The van der Waals surface area contributed by atoms with Gasteiger partial charge in [-0.1, -0.05) is 0 Å². The minimum Gasteiger partial charge on any atom is -0.387 e. The number of hydrogen-bond donors (Lipinski definition) is 7. The maximum atomic E-state index is 11.5. The lowest BCUT2D eigenvalue weighted by atomic mass is 10.1. The number of likely N-dealkylation sites (N-methyl/N-ethyl adjacent to an activating group) is 1. The number of rotatable bonds is 7. The van der Waals surface area contributed by atoms with Gasteiger partial charge in [0.05, 0.1) is 6.61 Å². The van der Waals surface area contributed by atoms with E-state index in [1.165, 1.54) is 19.1 Å². The van der Waals surface area contributed by atoms with Crippen LogP contribution in [0.3, 0.4) is 0 Å². The molecule has 2 aliphatic rings. The summed E-state index contributed by atoms with van der Waals surface area (Å²) in [5.74, 6) is 0. The van der Waals surface area contributed by atoms with Gasteiger partial charge < -0.3 is 44.6 Å². The van der Waals surface area contributed by atoms with Crippen molar-refractivity contribution in [2.75, 3.05) is 27.3 Å². The molecule has 0 saturated carbocycles. The molecule has 0 spiro atoms. The molecular formula is C11H24N2O13P2. The van der Waals surface area contributed by atoms with Crippen LogP contribution in [-0.4, -0.2) is 115 Å². The van der Waals surface area contributed by atoms with Crippen LogP contribution < -0.4 is 0 Å². The van der Waals surface area contributed by atoms with Crippen LogP contribution in [0.4, 0.5) is 0 Å². The normalized spacial score (nSPS) is 40.5. The first-order chi connectivity index (χ1) is 12.8. The van der Waals surface area contributed by atoms with Gasteiger partial charge in [0.25, 0.3) is 0 Å². The molecule has 2 fully saturated rings. The van der Waals surface area contributed by atoms with Gasteiger partial charge in [0.1, 0.15) is 36.9 Å². The Bertz CT molecular complexity index is 634. The van der Waals surface area contributed by atoms with Crippen molar-refractivity contribution in [3.8, 4) is 0 Å². The van der Waals surface area contributed by atoms with Gasteiger partial charge in [0, 0.05) is 13.7 Å². The average molecular weight is 454 g/mol. The highest BCUT2D eigenvalue weighted by molar-refractivity contribution is 7.60. The van der Waals surface area contributed by atoms with E-state index in [9.17, 15) is 34.4 Å². The number of methoxy groups -OCH3 is 1. The van der Waals surface area contributed by atoms with Gasteiger partial charge >= 0.3 is 15.6 Å². The van der Waals surface area contributed by atoms with Gasteiger partial charge in [0.15, 0.2) is 6.35 Å². The van der Waals surface area contributed by atoms with E-state index in [0.717, 1.165) is 4.90 Å². The molecule has 28 heavy (non-hydrogen) atoms. The summed E-state index contributed by atoms with van der Waals surface area (Å²) in [5.41, 5.74) is 0. The van der Waals surface area contributed by atoms with Crippen LogP contribution in [0.2, 0.25) is 0 Å². The first-order valence-electron chi connectivity index (χ1n) is 7.90. The predicted molar refractivity (Wildman–Crippen MR) is 86.9 cm³/mol. The second kappa shape index (κ2) is 8.98. The average Bonchev–Trinajstić information content (AvgIpc) is 2.83. The fraction of sp³-hybridized carbons (Fsp3) is 1.00.